The van der Waals surface area contributed by atoms with E-state index < -0.39 is 10.2 Å². The Morgan fingerprint density at radius 3 is 2.39 bits per heavy atom. The number of hydrogen-bond acceptors (Lipinski definition) is 3. The maximum absolute atomic E-state index is 12.4. The SMILES string of the molecule is CC1CCCN(S(=O)(=O)N2CC(N)(C3CC3)C2)C1. The monoisotopic (exact) mass is 273 g/mol. The second-order valence-electron chi connectivity index (χ2n) is 6.39. The van der Waals surface area contributed by atoms with E-state index in [0.717, 1.165) is 12.8 Å². The van der Waals surface area contributed by atoms with Crippen LogP contribution < -0.4 is 5.73 Å². The van der Waals surface area contributed by atoms with Crippen molar-refractivity contribution in [3.05, 3.63) is 0 Å². The number of rotatable bonds is 3. The van der Waals surface area contributed by atoms with E-state index in [-0.39, 0.29) is 5.54 Å². The molecule has 3 fully saturated rings. The number of piperidine rings is 1. The van der Waals surface area contributed by atoms with Crippen LogP contribution in [-0.2, 0) is 10.2 Å². The first kappa shape index (κ1) is 12.8. The highest BCUT2D eigenvalue weighted by molar-refractivity contribution is 7.86. The fourth-order valence-electron chi connectivity index (χ4n) is 3.21. The van der Waals surface area contributed by atoms with Gasteiger partial charge in [-0.3, -0.25) is 0 Å². The van der Waals surface area contributed by atoms with E-state index in [4.69, 9.17) is 5.73 Å². The van der Waals surface area contributed by atoms with Gasteiger partial charge in [-0.1, -0.05) is 6.92 Å². The molecular weight excluding hydrogens is 250 g/mol. The van der Waals surface area contributed by atoms with Gasteiger partial charge in [0.05, 0.1) is 0 Å². The van der Waals surface area contributed by atoms with Gasteiger partial charge in [0.1, 0.15) is 0 Å². The van der Waals surface area contributed by atoms with E-state index in [1.54, 1.807) is 8.61 Å². The number of hydrogen-bond donors (Lipinski definition) is 1. The Hall–Kier alpha value is -0.170. The van der Waals surface area contributed by atoms with Gasteiger partial charge in [0.15, 0.2) is 0 Å². The van der Waals surface area contributed by atoms with Gasteiger partial charge in [0.2, 0.25) is 0 Å². The van der Waals surface area contributed by atoms with Crippen LogP contribution in [0.15, 0.2) is 0 Å². The topological polar surface area (TPSA) is 66.6 Å². The fraction of sp³-hybridized carbons (Fsp3) is 1.00. The molecule has 3 rings (SSSR count). The van der Waals surface area contributed by atoms with E-state index in [1.165, 1.54) is 12.8 Å². The maximum atomic E-state index is 12.4. The zero-order valence-corrected chi connectivity index (χ0v) is 11.8. The molecule has 1 atom stereocenters. The Morgan fingerprint density at radius 2 is 1.83 bits per heavy atom. The highest BCUT2D eigenvalue weighted by atomic mass is 32.2. The molecule has 5 nitrogen and oxygen atoms in total. The summed E-state index contributed by atoms with van der Waals surface area (Å²) in [6, 6.07) is 0. The molecule has 1 aliphatic carbocycles. The molecule has 2 heterocycles. The standard InChI is InChI=1S/C12H23N3O2S/c1-10-3-2-6-14(7-10)18(16,17)15-8-12(13,9-15)11-4-5-11/h10-11H,2-9,13H2,1H3. The molecule has 3 aliphatic rings. The van der Waals surface area contributed by atoms with Crippen LogP contribution in [-0.4, -0.2) is 48.7 Å². The van der Waals surface area contributed by atoms with Crippen LogP contribution in [0.3, 0.4) is 0 Å². The lowest BCUT2D eigenvalue weighted by molar-refractivity contribution is 0.121. The molecular formula is C12H23N3O2S. The zero-order valence-electron chi connectivity index (χ0n) is 11.0. The molecule has 18 heavy (non-hydrogen) atoms. The second-order valence-corrected chi connectivity index (χ2v) is 8.32. The van der Waals surface area contributed by atoms with E-state index in [2.05, 4.69) is 6.92 Å². The summed E-state index contributed by atoms with van der Waals surface area (Å²) in [5, 5.41) is 0. The van der Waals surface area contributed by atoms with Crippen molar-refractivity contribution in [3.8, 4) is 0 Å². The van der Waals surface area contributed by atoms with Crippen LogP contribution in [0.2, 0.25) is 0 Å². The molecule has 104 valence electrons. The van der Waals surface area contributed by atoms with Crippen molar-refractivity contribution < 1.29 is 8.42 Å². The predicted molar refractivity (Wildman–Crippen MR) is 70.1 cm³/mol. The lowest BCUT2D eigenvalue weighted by Crippen LogP contribution is -2.71. The molecule has 1 unspecified atom stereocenters. The molecule has 0 aromatic heterocycles. The van der Waals surface area contributed by atoms with E-state index >= 15 is 0 Å². The van der Waals surface area contributed by atoms with Crippen LogP contribution >= 0.6 is 0 Å². The highest BCUT2D eigenvalue weighted by Crippen LogP contribution is 2.44. The average Bonchev–Trinajstić information content (AvgIpc) is 3.08. The maximum Gasteiger partial charge on any atom is 0.282 e. The quantitative estimate of drug-likeness (QED) is 0.808. The van der Waals surface area contributed by atoms with Gasteiger partial charge in [-0.25, -0.2) is 0 Å². The van der Waals surface area contributed by atoms with E-state index in [9.17, 15) is 8.42 Å². The molecule has 2 aliphatic heterocycles. The van der Waals surface area contributed by atoms with Crippen molar-refractivity contribution in [2.45, 2.75) is 38.1 Å². The first-order valence-electron chi connectivity index (χ1n) is 6.96. The first-order chi connectivity index (χ1) is 8.42. The van der Waals surface area contributed by atoms with Crippen LogP contribution in [0.4, 0.5) is 0 Å². The predicted octanol–water partition coefficient (Wildman–Crippen LogP) is 0.386. The lowest BCUT2D eigenvalue weighted by atomic mass is 9.88. The third kappa shape index (κ3) is 2.09. The van der Waals surface area contributed by atoms with Crippen LogP contribution in [0.25, 0.3) is 0 Å². The molecule has 0 amide bonds. The summed E-state index contributed by atoms with van der Waals surface area (Å²) in [6.45, 7) is 4.50. The molecule has 2 saturated heterocycles. The third-order valence-corrected chi connectivity index (χ3v) is 6.50. The summed E-state index contributed by atoms with van der Waals surface area (Å²) in [5.41, 5.74) is 6.00. The van der Waals surface area contributed by atoms with Crippen molar-refractivity contribution in [1.82, 2.24) is 8.61 Å². The molecule has 0 aromatic rings. The first-order valence-corrected chi connectivity index (χ1v) is 8.36. The summed E-state index contributed by atoms with van der Waals surface area (Å²) in [5.74, 6) is 1.03. The summed E-state index contributed by atoms with van der Waals surface area (Å²) < 4.78 is 28.1. The Kier molecular flexibility index (Phi) is 2.97. The van der Waals surface area contributed by atoms with Gasteiger partial charge >= 0.3 is 0 Å². The Bertz CT molecular complexity index is 427. The summed E-state index contributed by atoms with van der Waals surface area (Å²) in [7, 11) is -3.25. The smallest absolute Gasteiger partial charge is 0.282 e. The minimum Gasteiger partial charge on any atom is -0.323 e. The molecule has 2 N–H and O–H groups in total. The molecule has 6 heteroatoms. The normalized spacial score (nSPS) is 34.2. The Balaban J connectivity index is 1.65. The van der Waals surface area contributed by atoms with Crippen LogP contribution in [0.1, 0.15) is 32.6 Å². The van der Waals surface area contributed by atoms with Gasteiger partial charge < -0.3 is 5.73 Å². The molecule has 1 saturated carbocycles. The van der Waals surface area contributed by atoms with Gasteiger partial charge in [-0.05, 0) is 37.5 Å². The van der Waals surface area contributed by atoms with Gasteiger partial charge in [0, 0.05) is 31.7 Å². The second kappa shape index (κ2) is 4.16. The molecule has 0 aromatic carbocycles. The molecule has 0 spiro atoms. The summed E-state index contributed by atoms with van der Waals surface area (Å²) in [4.78, 5) is 0. The van der Waals surface area contributed by atoms with E-state index in [0.29, 0.717) is 38.0 Å². The Labute approximate surface area is 109 Å². The Morgan fingerprint density at radius 1 is 1.17 bits per heavy atom. The average molecular weight is 273 g/mol. The lowest BCUT2D eigenvalue weighted by Gasteiger charge is -2.49. The zero-order chi connectivity index (χ0) is 13.0. The molecule has 0 radical (unpaired) electrons. The minimum atomic E-state index is -3.25. The van der Waals surface area contributed by atoms with Crippen molar-refractivity contribution in [2.24, 2.45) is 17.6 Å². The minimum absolute atomic E-state index is 0.228. The van der Waals surface area contributed by atoms with Crippen molar-refractivity contribution in [1.29, 1.82) is 0 Å². The van der Waals surface area contributed by atoms with Crippen LogP contribution in [0, 0.1) is 11.8 Å². The van der Waals surface area contributed by atoms with Gasteiger partial charge in [0.25, 0.3) is 10.2 Å². The van der Waals surface area contributed by atoms with Crippen molar-refractivity contribution in [3.63, 3.8) is 0 Å². The summed E-state index contributed by atoms with van der Waals surface area (Å²) >= 11 is 0. The van der Waals surface area contributed by atoms with Gasteiger partial charge in [-0.2, -0.15) is 17.0 Å². The van der Waals surface area contributed by atoms with Gasteiger partial charge in [-0.15, -0.1) is 0 Å². The van der Waals surface area contributed by atoms with Crippen LogP contribution in [0.5, 0.6) is 0 Å². The fourth-order valence-corrected chi connectivity index (χ4v) is 5.15. The molecule has 0 bridgehead atoms. The number of nitrogens with two attached hydrogens (primary N) is 1. The van der Waals surface area contributed by atoms with Crippen molar-refractivity contribution in [2.75, 3.05) is 26.2 Å². The third-order valence-electron chi connectivity index (χ3n) is 4.60. The highest BCUT2D eigenvalue weighted by Gasteiger charge is 2.54. The largest absolute Gasteiger partial charge is 0.323 e. The van der Waals surface area contributed by atoms with E-state index in [1.807, 2.05) is 0 Å². The summed E-state index contributed by atoms with van der Waals surface area (Å²) in [6.07, 6.45) is 4.45. The number of nitrogens with zero attached hydrogens (tertiary/aromatic N) is 2. The van der Waals surface area contributed by atoms with Crippen molar-refractivity contribution >= 4 is 10.2 Å².